The molecule has 1 nitrogen and oxygen atoms in total. The van der Waals surface area contributed by atoms with E-state index in [1.165, 1.54) is 17.7 Å². The lowest BCUT2D eigenvalue weighted by atomic mass is 9.98. The van der Waals surface area contributed by atoms with Crippen LogP contribution in [0.3, 0.4) is 0 Å². The highest BCUT2D eigenvalue weighted by molar-refractivity contribution is 5.51. The Bertz CT molecular complexity index is 412. The van der Waals surface area contributed by atoms with Crippen LogP contribution in [0.4, 0.5) is 5.69 Å². The number of hydrogen-bond donors (Lipinski definition) is 1. The number of benzene rings is 1. The van der Waals surface area contributed by atoms with Gasteiger partial charge in [0.25, 0.3) is 0 Å². The molecule has 0 fully saturated rings. The van der Waals surface area contributed by atoms with Crippen molar-refractivity contribution in [2.24, 2.45) is 0 Å². The summed E-state index contributed by atoms with van der Waals surface area (Å²) >= 11 is 0. The Kier molecular flexibility index (Phi) is 11.4. The van der Waals surface area contributed by atoms with Crippen LogP contribution in [-0.4, -0.2) is 0 Å². The van der Waals surface area contributed by atoms with Crippen LogP contribution in [0.2, 0.25) is 0 Å². The minimum Gasteiger partial charge on any atom is -0.356 e. The van der Waals surface area contributed by atoms with Crippen molar-refractivity contribution in [3.8, 4) is 0 Å². The largest absolute Gasteiger partial charge is 0.356 e. The van der Waals surface area contributed by atoms with E-state index in [0.29, 0.717) is 5.92 Å². The summed E-state index contributed by atoms with van der Waals surface area (Å²) in [4.78, 5) is 0. The molecule has 1 unspecified atom stereocenters. The van der Waals surface area contributed by atoms with E-state index in [9.17, 15) is 0 Å². The highest BCUT2D eigenvalue weighted by atomic mass is 14.9. The molecule has 0 amide bonds. The lowest BCUT2D eigenvalue weighted by Gasteiger charge is -2.11. The van der Waals surface area contributed by atoms with Gasteiger partial charge in [0.05, 0.1) is 0 Å². The second-order valence-electron chi connectivity index (χ2n) is 4.93. The van der Waals surface area contributed by atoms with Crippen LogP contribution in [0.15, 0.2) is 48.2 Å². The van der Waals surface area contributed by atoms with Gasteiger partial charge in [0.2, 0.25) is 0 Å². The first-order valence-electron chi connectivity index (χ1n) is 8.44. The molecule has 0 spiro atoms. The smallest absolute Gasteiger partial charge is 0.0384 e. The van der Waals surface area contributed by atoms with Crippen molar-refractivity contribution in [1.82, 2.24) is 0 Å². The fourth-order valence-corrected chi connectivity index (χ4v) is 1.92. The van der Waals surface area contributed by atoms with Gasteiger partial charge in [-0.3, -0.25) is 0 Å². The number of rotatable bonds is 7. The van der Waals surface area contributed by atoms with E-state index >= 15 is 0 Å². The van der Waals surface area contributed by atoms with Gasteiger partial charge in [-0.1, -0.05) is 65.8 Å². The normalized spacial score (nSPS) is 12.8. The standard InChI is InChI=1S/C18H27N.C2H6/c1-5-8-10-17(9-6-2)19-18-13-11-16(12-14-18)15(4)7-3;1-2/h8-15,19H,5-7H2,1-4H3;1-2H3/b10-8-,17-9+;. The minimum absolute atomic E-state index is 0.639. The van der Waals surface area contributed by atoms with Gasteiger partial charge in [-0.2, -0.15) is 0 Å². The van der Waals surface area contributed by atoms with Gasteiger partial charge in [0.1, 0.15) is 0 Å². The summed E-state index contributed by atoms with van der Waals surface area (Å²) in [5, 5.41) is 3.47. The zero-order chi connectivity index (χ0) is 16.1. The first-order chi connectivity index (χ1) is 10.2. The topological polar surface area (TPSA) is 12.0 Å². The summed E-state index contributed by atoms with van der Waals surface area (Å²) in [6.45, 7) is 12.8. The predicted molar refractivity (Wildman–Crippen MR) is 97.9 cm³/mol. The first-order valence-corrected chi connectivity index (χ1v) is 8.44. The quantitative estimate of drug-likeness (QED) is 0.538. The molecule has 118 valence electrons. The molecule has 1 aromatic carbocycles. The Morgan fingerprint density at radius 2 is 1.67 bits per heavy atom. The summed E-state index contributed by atoms with van der Waals surface area (Å²) in [7, 11) is 0. The van der Waals surface area contributed by atoms with Crippen LogP contribution in [0, 0.1) is 0 Å². The van der Waals surface area contributed by atoms with Crippen LogP contribution in [0.5, 0.6) is 0 Å². The molecule has 0 radical (unpaired) electrons. The molecule has 0 aliphatic carbocycles. The number of anilines is 1. The molecule has 0 bridgehead atoms. The fourth-order valence-electron chi connectivity index (χ4n) is 1.92. The van der Waals surface area contributed by atoms with E-state index in [4.69, 9.17) is 0 Å². The van der Waals surface area contributed by atoms with E-state index in [1.807, 2.05) is 13.8 Å². The van der Waals surface area contributed by atoms with Crippen LogP contribution in [0.25, 0.3) is 0 Å². The van der Waals surface area contributed by atoms with Crippen molar-refractivity contribution in [3.05, 3.63) is 53.8 Å². The molecule has 1 aromatic rings. The van der Waals surface area contributed by atoms with Gasteiger partial charge in [-0.25, -0.2) is 0 Å². The number of nitrogens with one attached hydrogen (secondary N) is 1. The number of hydrogen-bond acceptors (Lipinski definition) is 1. The lowest BCUT2D eigenvalue weighted by molar-refractivity contribution is 0.734. The minimum atomic E-state index is 0.639. The van der Waals surface area contributed by atoms with E-state index < -0.39 is 0 Å². The van der Waals surface area contributed by atoms with Crippen LogP contribution >= 0.6 is 0 Å². The summed E-state index contributed by atoms with van der Waals surface area (Å²) in [6.07, 6.45) is 9.85. The lowest BCUT2D eigenvalue weighted by Crippen LogP contribution is -1.98. The van der Waals surface area contributed by atoms with Crippen LogP contribution in [-0.2, 0) is 0 Å². The molecule has 1 N–H and O–H groups in total. The second-order valence-corrected chi connectivity index (χ2v) is 4.93. The highest BCUT2D eigenvalue weighted by Crippen LogP contribution is 2.21. The second kappa shape index (κ2) is 12.3. The maximum absolute atomic E-state index is 3.47. The van der Waals surface area contributed by atoms with E-state index in [0.717, 1.165) is 18.5 Å². The predicted octanol–water partition coefficient (Wildman–Crippen LogP) is 6.90. The third-order valence-electron chi connectivity index (χ3n) is 3.34. The summed E-state index contributed by atoms with van der Waals surface area (Å²) in [5.41, 5.74) is 3.76. The van der Waals surface area contributed by atoms with Gasteiger partial charge < -0.3 is 5.32 Å². The molecule has 0 heterocycles. The molecule has 21 heavy (non-hydrogen) atoms. The van der Waals surface area contributed by atoms with E-state index in [1.54, 1.807) is 0 Å². The molecule has 0 aliphatic rings. The van der Waals surface area contributed by atoms with Crippen molar-refractivity contribution in [3.63, 3.8) is 0 Å². The fraction of sp³-hybridized carbons (Fsp3) is 0.500. The SMILES string of the molecule is CC.CC/C=C\C(=C/CC)Nc1ccc(C(C)CC)cc1. The number of allylic oxidation sites excluding steroid dienone is 3. The monoisotopic (exact) mass is 287 g/mol. The molecular weight excluding hydrogens is 254 g/mol. The van der Waals surface area contributed by atoms with Crippen molar-refractivity contribution in [2.45, 2.75) is 66.7 Å². The average molecular weight is 287 g/mol. The van der Waals surface area contributed by atoms with Crippen molar-refractivity contribution in [1.29, 1.82) is 0 Å². The van der Waals surface area contributed by atoms with Crippen molar-refractivity contribution in [2.75, 3.05) is 5.32 Å². The van der Waals surface area contributed by atoms with Crippen LogP contribution < -0.4 is 5.32 Å². The molecule has 0 aliphatic heterocycles. The zero-order valence-corrected chi connectivity index (χ0v) is 14.7. The molecule has 1 rings (SSSR count). The van der Waals surface area contributed by atoms with Gasteiger partial charge in [0.15, 0.2) is 0 Å². The Labute approximate surface area is 132 Å². The van der Waals surface area contributed by atoms with Gasteiger partial charge in [0, 0.05) is 11.4 Å². The third kappa shape index (κ3) is 7.75. The molecular formula is C20H33N. The van der Waals surface area contributed by atoms with E-state index in [2.05, 4.69) is 75.5 Å². The van der Waals surface area contributed by atoms with Gasteiger partial charge in [-0.05, 0) is 49.0 Å². The van der Waals surface area contributed by atoms with Crippen molar-refractivity contribution < 1.29 is 0 Å². The summed E-state index contributed by atoms with van der Waals surface area (Å²) in [5.74, 6) is 0.639. The molecule has 1 heteroatoms. The maximum atomic E-state index is 3.47. The van der Waals surface area contributed by atoms with Crippen LogP contribution in [0.1, 0.15) is 72.3 Å². The highest BCUT2D eigenvalue weighted by Gasteiger charge is 2.02. The summed E-state index contributed by atoms with van der Waals surface area (Å²) < 4.78 is 0. The molecule has 1 atom stereocenters. The van der Waals surface area contributed by atoms with Gasteiger partial charge in [-0.15, -0.1) is 0 Å². The van der Waals surface area contributed by atoms with E-state index in [-0.39, 0.29) is 0 Å². The Morgan fingerprint density at radius 1 is 1.05 bits per heavy atom. The zero-order valence-electron chi connectivity index (χ0n) is 14.7. The maximum Gasteiger partial charge on any atom is 0.0384 e. The molecule has 0 saturated carbocycles. The van der Waals surface area contributed by atoms with Crippen molar-refractivity contribution >= 4 is 5.69 Å². The molecule has 0 saturated heterocycles. The Morgan fingerprint density at radius 3 is 2.14 bits per heavy atom. The average Bonchev–Trinajstić information content (AvgIpc) is 2.54. The Hall–Kier alpha value is -1.50. The molecule has 0 aromatic heterocycles. The van der Waals surface area contributed by atoms with Gasteiger partial charge >= 0.3 is 0 Å². The third-order valence-corrected chi connectivity index (χ3v) is 3.34. The summed E-state index contributed by atoms with van der Waals surface area (Å²) in [6, 6.07) is 8.79. The first kappa shape index (κ1) is 19.5. The Balaban J connectivity index is 0.00000191.